The van der Waals surface area contributed by atoms with Crippen LogP contribution in [0, 0.1) is 17.2 Å². The first-order valence-electron chi connectivity index (χ1n) is 12.5. The maximum atomic E-state index is 12.9. The van der Waals surface area contributed by atoms with E-state index in [-0.39, 0.29) is 23.0 Å². The van der Waals surface area contributed by atoms with Crippen LogP contribution in [0.25, 0.3) is 0 Å². The maximum absolute atomic E-state index is 12.9. The smallest absolute Gasteiger partial charge is 0.255 e. The summed E-state index contributed by atoms with van der Waals surface area (Å²) in [6.07, 6.45) is 0.519. The molecule has 2 amide bonds. The number of ether oxygens (including phenoxy) is 1. The first-order valence-corrected chi connectivity index (χ1v) is 13.5. The molecule has 198 valence electrons. The third-order valence-electron chi connectivity index (χ3n) is 6.35. The van der Waals surface area contributed by atoms with E-state index in [2.05, 4.69) is 15.5 Å². The summed E-state index contributed by atoms with van der Waals surface area (Å²) < 4.78 is 30.7. The van der Waals surface area contributed by atoms with Crippen molar-refractivity contribution in [2.24, 2.45) is 5.92 Å². The highest BCUT2D eigenvalue weighted by molar-refractivity contribution is 8.01. The Kier molecular flexibility index (Phi) is 11.1. The Balaban J connectivity index is 1.45. The number of hydrogen-bond donors (Lipinski definition) is 2. The van der Waals surface area contributed by atoms with Crippen molar-refractivity contribution in [3.05, 3.63) is 24.3 Å². The van der Waals surface area contributed by atoms with Crippen molar-refractivity contribution in [1.82, 2.24) is 15.1 Å². The lowest BCUT2D eigenvalue weighted by molar-refractivity contribution is -0.131. The van der Waals surface area contributed by atoms with E-state index in [1.54, 1.807) is 4.90 Å². The average molecular weight is 524 g/mol. The SMILES string of the molecule is CCN1C(=O)C(CCNc2cccc(OCCN3CCCC3)c2)SC1CC(C#N)C(=O)NCC(F)F. The Hall–Kier alpha value is -2.58. The monoisotopic (exact) mass is 523 g/mol. The second kappa shape index (κ2) is 14.2. The molecule has 0 saturated carbocycles. The van der Waals surface area contributed by atoms with Crippen LogP contribution in [0.4, 0.5) is 14.5 Å². The summed E-state index contributed by atoms with van der Waals surface area (Å²) in [7, 11) is 0. The molecule has 3 atom stereocenters. The van der Waals surface area contributed by atoms with E-state index in [0.29, 0.717) is 26.1 Å². The number of likely N-dealkylation sites (tertiary alicyclic amines) is 1. The fourth-order valence-corrected chi connectivity index (χ4v) is 6.03. The van der Waals surface area contributed by atoms with Crippen molar-refractivity contribution in [3.8, 4) is 11.8 Å². The normalized spacial score (nSPS) is 21.0. The molecule has 2 saturated heterocycles. The lowest BCUT2D eigenvalue weighted by atomic mass is 10.1. The highest BCUT2D eigenvalue weighted by Crippen LogP contribution is 2.37. The molecule has 3 unspecified atom stereocenters. The molecule has 0 spiro atoms. The molecule has 0 radical (unpaired) electrons. The van der Waals surface area contributed by atoms with E-state index in [0.717, 1.165) is 31.1 Å². The molecule has 36 heavy (non-hydrogen) atoms. The van der Waals surface area contributed by atoms with Gasteiger partial charge in [0.15, 0.2) is 0 Å². The van der Waals surface area contributed by atoms with Gasteiger partial charge in [-0.15, -0.1) is 11.8 Å². The summed E-state index contributed by atoms with van der Waals surface area (Å²) in [5.74, 6) is -1.05. The van der Waals surface area contributed by atoms with Crippen molar-refractivity contribution in [1.29, 1.82) is 5.26 Å². The Morgan fingerprint density at radius 1 is 1.33 bits per heavy atom. The number of rotatable bonds is 14. The summed E-state index contributed by atoms with van der Waals surface area (Å²) in [4.78, 5) is 29.1. The van der Waals surface area contributed by atoms with Gasteiger partial charge in [-0.3, -0.25) is 14.5 Å². The predicted octanol–water partition coefficient (Wildman–Crippen LogP) is 3.16. The number of nitriles is 1. The zero-order valence-electron chi connectivity index (χ0n) is 20.6. The predicted molar refractivity (Wildman–Crippen MR) is 136 cm³/mol. The van der Waals surface area contributed by atoms with Gasteiger partial charge in [0.1, 0.15) is 18.3 Å². The van der Waals surface area contributed by atoms with Gasteiger partial charge in [-0.05, 0) is 51.4 Å². The first kappa shape index (κ1) is 28.0. The highest BCUT2D eigenvalue weighted by atomic mass is 32.2. The van der Waals surface area contributed by atoms with Crippen molar-refractivity contribution >= 4 is 29.3 Å². The number of carbonyl (C=O) groups excluding carboxylic acids is 2. The Morgan fingerprint density at radius 3 is 2.81 bits per heavy atom. The molecule has 1 aromatic rings. The molecule has 1 aromatic carbocycles. The number of amides is 2. The fraction of sp³-hybridized carbons (Fsp3) is 0.640. The number of nitrogens with one attached hydrogen (secondary N) is 2. The summed E-state index contributed by atoms with van der Waals surface area (Å²) >= 11 is 1.43. The average Bonchev–Trinajstić information content (AvgIpc) is 3.49. The standard InChI is InChI=1S/C25H35F2N5O3S/c1-2-32-23(14-18(16-28)24(33)30-17-22(26)27)36-21(25(32)34)8-9-29-19-6-5-7-20(15-19)35-13-12-31-10-3-4-11-31/h5-7,15,18,21-23,29H,2-4,8-14,17H2,1H3,(H,30,33). The van der Waals surface area contributed by atoms with Gasteiger partial charge >= 0.3 is 0 Å². The van der Waals surface area contributed by atoms with Crippen LogP contribution in [0.5, 0.6) is 5.75 Å². The summed E-state index contributed by atoms with van der Waals surface area (Å²) in [6, 6.07) is 9.65. The first-order chi connectivity index (χ1) is 17.4. The van der Waals surface area contributed by atoms with Crippen LogP contribution in [0.1, 0.15) is 32.6 Å². The number of anilines is 1. The second-order valence-electron chi connectivity index (χ2n) is 8.90. The number of hydrogen-bond acceptors (Lipinski definition) is 7. The molecule has 2 fully saturated rings. The molecule has 2 heterocycles. The van der Waals surface area contributed by atoms with E-state index in [1.165, 1.54) is 24.6 Å². The highest BCUT2D eigenvalue weighted by Gasteiger charge is 2.40. The lowest BCUT2D eigenvalue weighted by Gasteiger charge is -2.23. The van der Waals surface area contributed by atoms with Crippen molar-refractivity contribution in [2.75, 3.05) is 51.2 Å². The third kappa shape index (κ3) is 8.23. The molecule has 2 N–H and O–H groups in total. The maximum Gasteiger partial charge on any atom is 0.255 e. The van der Waals surface area contributed by atoms with Crippen LogP contribution in [-0.2, 0) is 9.59 Å². The molecule has 3 rings (SSSR count). The Labute approximate surface area is 215 Å². The van der Waals surface area contributed by atoms with E-state index in [1.807, 2.05) is 37.3 Å². The second-order valence-corrected chi connectivity index (χ2v) is 10.3. The number of thioether (sulfide) groups is 1. The van der Waals surface area contributed by atoms with Gasteiger partial charge in [0.05, 0.1) is 23.2 Å². The molecular weight excluding hydrogens is 488 g/mol. The number of benzene rings is 1. The van der Waals surface area contributed by atoms with Crippen LogP contribution in [0.15, 0.2) is 24.3 Å². The molecule has 11 heteroatoms. The van der Waals surface area contributed by atoms with Gasteiger partial charge in [-0.25, -0.2) is 8.78 Å². The van der Waals surface area contributed by atoms with Gasteiger partial charge in [-0.1, -0.05) is 6.07 Å². The van der Waals surface area contributed by atoms with Crippen LogP contribution in [-0.4, -0.2) is 84.5 Å². The van der Waals surface area contributed by atoms with Crippen LogP contribution < -0.4 is 15.4 Å². The summed E-state index contributed by atoms with van der Waals surface area (Å²) in [6.45, 7) is 5.94. The molecule has 2 aliphatic heterocycles. The van der Waals surface area contributed by atoms with Gasteiger partial charge in [-0.2, -0.15) is 5.26 Å². The van der Waals surface area contributed by atoms with Crippen molar-refractivity contribution < 1.29 is 23.1 Å². The van der Waals surface area contributed by atoms with Gasteiger partial charge in [0, 0.05) is 37.8 Å². The van der Waals surface area contributed by atoms with Gasteiger partial charge < -0.3 is 20.3 Å². The topological polar surface area (TPSA) is 97.7 Å². The number of carbonyl (C=O) groups is 2. The fourth-order valence-electron chi connectivity index (χ4n) is 4.45. The minimum Gasteiger partial charge on any atom is -0.492 e. The Bertz CT molecular complexity index is 910. The number of nitrogens with zero attached hydrogens (tertiary/aromatic N) is 3. The lowest BCUT2D eigenvalue weighted by Crippen LogP contribution is -2.39. The third-order valence-corrected chi connectivity index (χ3v) is 7.88. The number of halogens is 2. The zero-order chi connectivity index (χ0) is 25.9. The number of alkyl halides is 2. The summed E-state index contributed by atoms with van der Waals surface area (Å²) in [5.41, 5.74) is 0.910. The molecular formula is C25H35F2N5O3S. The van der Waals surface area contributed by atoms with Crippen LogP contribution in [0.2, 0.25) is 0 Å². The minimum absolute atomic E-state index is 0.0297. The molecule has 2 aliphatic rings. The largest absolute Gasteiger partial charge is 0.492 e. The Morgan fingerprint density at radius 2 is 2.11 bits per heavy atom. The molecule has 0 bridgehead atoms. The molecule has 0 aromatic heterocycles. The van der Waals surface area contributed by atoms with Crippen LogP contribution >= 0.6 is 11.8 Å². The van der Waals surface area contributed by atoms with Crippen molar-refractivity contribution in [3.63, 3.8) is 0 Å². The minimum atomic E-state index is -2.68. The summed E-state index contributed by atoms with van der Waals surface area (Å²) in [5, 5.41) is 14.2. The van der Waals surface area contributed by atoms with E-state index >= 15 is 0 Å². The van der Waals surface area contributed by atoms with E-state index in [4.69, 9.17) is 4.74 Å². The van der Waals surface area contributed by atoms with Gasteiger partial charge in [0.2, 0.25) is 11.8 Å². The quantitative estimate of drug-likeness (QED) is 0.387. The molecule has 8 nitrogen and oxygen atoms in total. The van der Waals surface area contributed by atoms with Gasteiger partial charge in [0.25, 0.3) is 6.43 Å². The molecule has 0 aliphatic carbocycles. The van der Waals surface area contributed by atoms with Crippen molar-refractivity contribution in [2.45, 2.75) is 49.7 Å². The van der Waals surface area contributed by atoms with E-state index < -0.39 is 24.8 Å². The van der Waals surface area contributed by atoms with E-state index in [9.17, 15) is 23.6 Å². The zero-order valence-corrected chi connectivity index (χ0v) is 21.4. The van der Waals surface area contributed by atoms with Crippen LogP contribution in [0.3, 0.4) is 0 Å².